The summed E-state index contributed by atoms with van der Waals surface area (Å²) in [6.07, 6.45) is -1.19. The van der Waals surface area contributed by atoms with E-state index < -0.39 is 29.0 Å². The van der Waals surface area contributed by atoms with E-state index in [1.807, 2.05) is 0 Å². The highest BCUT2D eigenvalue weighted by Crippen LogP contribution is 2.32. The summed E-state index contributed by atoms with van der Waals surface area (Å²) in [7, 11) is 0. The minimum Gasteiger partial charge on any atom is -0.331 e. The number of halogens is 5. The Morgan fingerprint density at radius 2 is 1.96 bits per heavy atom. The molecule has 0 saturated heterocycles. The molecule has 25 heavy (non-hydrogen) atoms. The number of pyridine rings is 1. The van der Waals surface area contributed by atoms with Crippen LogP contribution in [0.1, 0.15) is 28.8 Å². The Kier molecular flexibility index (Phi) is 4.69. The van der Waals surface area contributed by atoms with Gasteiger partial charge in [-0.1, -0.05) is 17.7 Å². The fourth-order valence-electron chi connectivity index (χ4n) is 2.41. The molecule has 3 nitrogen and oxygen atoms in total. The van der Waals surface area contributed by atoms with Crippen molar-refractivity contribution in [2.24, 2.45) is 10.9 Å². The van der Waals surface area contributed by atoms with Gasteiger partial charge < -0.3 is 4.57 Å². The molecule has 0 atom stereocenters. The zero-order valence-electron chi connectivity index (χ0n) is 12.9. The van der Waals surface area contributed by atoms with Crippen molar-refractivity contribution in [3.05, 3.63) is 64.0 Å². The topological polar surface area (TPSA) is 34.4 Å². The van der Waals surface area contributed by atoms with Crippen LogP contribution >= 0.6 is 11.6 Å². The number of hydrogen-bond donors (Lipinski definition) is 0. The number of benzene rings is 1. The van der Waals surface area contributed by atoms with Gasteiger partial charge >= 0.3 is 6.18 Å². The lowest BCUT2D eigenvalue weighted by Crippen LogP contribution is -2.23. The molecule has 3 rings (SSSR count). The Balaban J connectivity index is 2.01. The van der Waals surface area contributed by atoms with E-state index in [9.17, 15) is 22.4 Å². The van der Waals surface area contributed by atoms with Crippen LogP contribution in [0.2, 0.25) is 5.02 Å². The molecule has 0 unspecified atom stereocenters. The van der Waals surface area contributed by atoms with Crippen LogP contribution in [-0.2, 0) is 12.7 Å². The summed E-state index contributed by atoms with van der Waals surface area (Å²) in [6.45, 7) is 0.595. The van der Waals surface area contributed by atoms with Crippen LogP contribution in [0.4, 0.5) is 17.6 Å². The van der Waals surface area contributed by atoms with E-state index in [0.717, 1.165) is 25.0 Å². The molecular weight excluding hydrogens is 360 g/mol. The molecule has 1 heterocycles. The van der Waals surface area contributed by atoms with E-state index in [1.54, 1.807) is 10.8 Å². The molecule has 1 fully saturated rings. The van der Waals surface area contributed by atoms with E-state index in [2.05, 4.69) is 4.99 Å². The standard InChI is InChI=1S/C17H13ClF4N2O/c18-11-6-7-14(24(9-11)8-10-4-5-10)23-16(25)12-2-1-3-13(15(12)19)17(20,21)22/h1-3,6-7,9-10H,4-5,8H2. The average molecular weight is 373 g/mol. The third kappa shape index (κ3) is 4.10. The summed E-state index contributed by atoms with van der Waals surface area (Å²) >= 11 is 5.94. The molecule has 0 N–H and O–H groups in total. The maximum Gasteiger partial charge on any atom is 0.419 e. The molecular formula is C17H13ClF4N2O. The summed E-state index contributed by atoms with van der Waals surface area (Å²) in [5.74, 6) is -2.24. The largest absolute Gasteiger partial charge is 0.419 e. The van der Waals surface area contributed by atoms with Crippen LogP contribution < -0.4 is 5.49 Å². The van der Waals surface area contributed by atoms with Crippen LogP contribution in [0.3, 0.4) is 0 Å². The Morgan fingerprint density at radius 1 is 1.24 bits per heavy atom. The van der Waals surface area contributed by atoms with E-state index in [4.69, 9.17) is 11.6 Å². The molecule has 0 spiro atoms. The molecule has 8 heteroatoms. The molecule has 1 amide bonds. The van der Waals surface area contributed by atoms with Gasteiger partial charge in [-0.2, -0.15) is 18.2 Å². The predicted octanol–water partition coefficient (Wildman–Crippen LogP) is 4.45. The number of alkyl halides is 3. The quantitative estimate of drug-likeness (QED) is 0.733. The first kappa shape index (κ1) is 17.7. The third-order valence-corrected chi connectivity index (χ3v) is 4.09. The molecule has 1 aliphatic rings. The monoisotopic (exact) mass is 372 g/mol. The zero-order chi connectivity index (χ0) is 18.2. The van der Waals surface area contributed by atoms with Gasteiger partial charge in [0.2, 0.25) is 0 Å². The van der Waals surface area contributed by atoms with Crippen LogP contribution in [0.25, 0.3) is 0 Å². The normalized spacial score (nSPS) is 15.5. The summed E-state index contributed by atoms with van der Waals surface area (Å²) < 4.78 is 54.1. The van der Waals surface area contributed by atoms with Gasteiger partial charge in [-0.15, -0.1) is 0 Å². The SMILES string of the molecule is O=C(N=c1ccc(Cl)cn1CC1CC1)c1cccc(C(F)(F)F)c1F. The van der Waals surface area contributed by atoms with Crippen molar-refractivity contribution in [1.82, 2.24) is 4.57 Å². The molecule has 1 aliphatic carbocycles. The molecule has 132 valence electrons. The molecule has 0 radical (unpaired) electrons. The van der Waals surface area contributed by atoms with E-state index in [0.29, 0.717) is 23.6 Å². The van der Waals surface area contributed by atoms with Gasteiger partial charge in [-0.3, -0.25) is 4.79 Å². The molecule has 1 aromatic carbocycles. The number of rotatable bonds is 3. The van der Waals surface area contributed by atoms with Crippen molar-refractivity contribution in [3.8, 4) is 0 Å². The number of carbonyl (C=O) groups is 1. The van der Waals surface area contributed by atoms with E-state index >= 15 is 0 Å². The van der Waals surface area contributed by atoms with Crippen molar-refractivity contribution in [1.29, 1.82) is 0 Å². The predicted molar refractivity (Wildman–Crippen MR) is 83.5 cm³/mol. The van der Waals surface area contributed by atoms with Crippen LogP contribution in [-0.4, -0.2) is 10.5 Å². The van der Waals surface area contributed by atoms with Gasteiger partial charge in [-0.05, 0) is 43.0 Å². The number of aromatic nitrogens is 1. The van der Waals surface area contributed by atoms with Crippen molar-refractivity contribution < 1.29 is 22.4 Å². The molecule has 1 aromatic heterocycles. The Hall–Kier alpha value is -2.15. The van der Waals surface area contributed by atoms with Crippen molar-refractivity contribution >= 4 is 17.5 Å². The van der Waals surface area contributed by atoms with Crippen molar-refractivity contribution in [2.75, 3.05) is 0 Å². The highest BCUT2D eigenvalue weighted by molar-refractivity contribution is 6.30. The second-order valence-electron chi connectivity index (χ2n) is 5.88. The van der Waals surface area contributed by atoms with Gasteiger partial charge in [0.1, 0.15) is 11.3 Å². The number of nitrogens with zero attached hydrogens (tertiary/aromatic N) is 2. The molecule has 0 bridgehead atoms. The summed E-state index contributed by atoms with van der Waals surface area (Å²) in [6, 6.07) is 5.54. The second kappa shape index (κ2) is 6.63. The highest BCUT2D eigenvalue weighted by atomic mass is 35.5. The maximum absolute atomic E-state index is 14.1. The van der Waals surface area contributed by atoms with Crippen LogP contribution in [0, 0.1) is 11.7 Å². The molecule has 0 aliphatic heterocycles. The van der Waals surface area contributed by atoms with Crippen molar-refractivity contribution in [3.63, 3.8) is 0 Å². The summed E-state index contributed by atoms with van der Waals surface area (Å²) in [5, 5.41) is 0.442. The number of hydrogen-bond acceptors (Lipinski definition) is 1. The lowest BCUT2D eigenvalue weighted by molar-refractivity contribution is -0.140. The fraction of sp³-hybridized carbons (Fsp3) is 0.294. The second-order valence-corrected chi connectivity index (χ2v) is 6.32. The Morgan fingerprint density at radius 3 is 2.60 bits per heavy atom. The van der Waals surface area contributed by atoms with Crippen LogP contribution in [0.5, 0.6) is 0 Å². The minimum atomic E-state index is -4.88. The number of carbonyl (C=O) groups excluding carboxylic acids is 1. The first-order valence-corrected chi connectivity index (χ1v) is 7.94. The van der Waals surface area contributed by atoms with Gasteiger partial charge in [0.25, 0.3) is 5.91 Å². The van der Waals surface area contributed by atoms with E-state index in [1.165, 1.54) is 12.1 Å². The minimum absolute atomic E-state index is 0.220. The van der Waals surface area contributed by atoms with Gasteiger partial charge in [-0.25, -0.2) is 4.39 Å². The molecule has 1 saturated carbocycles. The lowest BCUT2D eigenvalue weighted by atomic mass is 10.1. The highest BCUT2D eigenvalue weighted by Gasteiger charge is 2.35. The first-order valence-electron chi connectivity index (χ1n) is 7.56. The van der Waals surface area contributed by atoms with E-state index in [-0.39, 0.29) is 5.49 Å². The Labute approximate surface area is 145 Å². The summed E-state index contributed by atoms with van der Waals surface area (Å²) in [5.41, 5.74) is -1.99. The smallest absolute Gasteiger partial charge is 0.331 e. The third-order valence-electron chi connectivity index (χ3n) is 3.87. The van der Waals surface area contributed by atoms with Gasteiger partial charge in [0.05, 0.1) is 16.1 Å². The molecule has 2 aromatic rings. The zero-order valence-corrected chi connectivity index (χ0v) is 13.6. The van der Waals surface area contributed by atoms with Gasteiger partial charge in [0, 0.05) is 12.7 Å². The summed E-state index contributed by atoms with van der Waals surface area (Å²) in [4.78, 5) is 16.0. The average Bonchev–Trinajstić information content (AvgIpc) is 3.33. The Bertz CT molecular complexity index is 885. The van der Waals surface area contributed by atoms with Gasteiger partial charge in [0.15, 0.2) is 0 Å². The van der Waals surface area contributed by atoms with Crippen LogP contribution in [0.15, 0.2) is 41.5 Å². The maximum atomic E-state index is 14.1. The fourth-order valence-corrected chi connectivity index (χ4v) is 2.60. The lowest BCUT2D eigenvalue weighted by Gasteiger charge is -2.10. The van der Waals surface area contributed by atoms with Crippen molar-refractivity contribution in [2.45, 2.75) is 25.6 Å². The number of amides is 1. The first-order chi connectivity index (χ1) is 11.8.